The van der Waals surface area contributed by atoms with Crippen LogP contribution in [0.1, 0.15) is 23.0 Å². The molecule has 174 valence electrons. The number of amides is 2. The van der Waals surface area contributed by atoms with Gasteiger partial charge in [-0.25, -0.2) is 0 Å². The number of thioether (sulfide) groups is 1. The number of ether oxygens (including phenoxy) is 1. The number of rotatable bonds is 6. The lowest BCUT2D eigenvalue weighted by molar-refractivity contribution is -0.126. The van der Waals surface area contributed by atoms with Crippen molar-refractivity contribution in [1.82, 2.24) is 9.88 Å². The fourth-order valence-corrected chi connectivity index (χ4v) is 5.92. The summed E-state index contributed by atoms with van der Waals surface area (Å²) in [6, 6.07) is 19.3. The molecular formula is C26H25N3O3S2. The van der Waals surface area contributed by atoms with Crippen LogP contribution in [0.5, 0.6) is 5.75 Å². The standard InChI is InChI=1S/C26H25N3O3S2/c1-26(25(31)27-15-18-7-4-5-10-22(18)32-2)16-28-21(13-17-11-12-34-24(17)28)23(30)29(26)19-8-6-9-20(14-19)33-3/h4-14H,15-16H2,1-3H3,(H,27,31). The molecule has 2 aromatic heterocycles. The molecular weight excluding hydrogens is 466 g/mol. The van der Waals surface area contributed by atoms with Gasteiger partial charge in [0.1, 0.15) is 21.8 Å². The van der Waals surface area contributed by atoms with Gasteiger partial charge in [0.2, 0.25) is 5.91 Å². The third-order valence-electron chi connectivity index (χ3n) is 6.32. The molecule has 1 N–H and O–H groups in total. The summed E-state index contributed by atoms with van der Waals surface area (Å²) in [5.41, 5.74) is 1.07. The number of methoxy groups -OCH3 is 1. The second-order valence-electron chi connectivity index (χ2n) is 8.41. The number of carbonyl (C=O) groups is 2. The number of thiophene rings is 1. The lowest BCUT2D eigenvalue weighted by Gasteiger charge is -2.44. The van der Waals surface area contributed by atoms with Crippen LogP contribution in [0.4, 0.5) is 5.69 Å². The molecule has 4 aromatic rings. The van der Waals surface area contributed by atoms with Gasteiger partial charge in [0.05, 0.1) is 13.7 Å². The fourth-order valence-electron chi connectivity index (χ4n) is 4.57. The highest BCUT2D eigenvalue weighted by atomic mass is 32.2. The average Bonchev–Trinajstić information content (AvgIpc) is 3.45. The predicted molar refractivity (Wildman–Crippen MR) is 138 cm³/mol. The molecule has 0 radical (unpaired) electrons. The van der Waals surface area contributed by atoms with Crippen LogP contribution < -0.4 is 15.0 Å². The van der Waals surface area contributed by atoms with E-state index in [4.69, 9.17) is 4.74 Å². The molecule has 1 unspecified atom stereocenters. The molecule has 5 rings (SSSR count). The lowest BCUT2D eigenvalue weighted by atomic mass is 9.93. The molecule has 3 heterocycles. The number of hydrogen-bond donors (Lipinski definition) is 1. The summed E-state index contributed by atoms with van der Waals surface area (Å²) >= 11 is 3.19. The van der Waals surface area contributed by atoms with E-state index in [9.17, 15) is 9.59 Å². The predicted octanol–water partition coefficient (Wildman–Crippen LogP) is 5.17. The van der Waals surface area contributed by atoms with Crippen molar-refractivity contribution in [2.45, 2.75) is 30.4 Å². The van der Waals surface area contributed by atoms with E-state index in [0.717, 1.165) is 20.7 Å². The Morgan fingerprint density at radius 2 is 2.00 bits per heavy atom. The van der Waals surface area contributed by atoms with Gasteiger partial charge >= 0.3 is 0 Å². The largest absolute Gasteiger partial charge is 0.496 e. The molecule has 0 saturated carbocycles. The second-order valence-corrected chi connectivity index (χ2v) is 10.2. The van der Waals surface area contributed by atoms with Gasteiger partial charge in [-0.3, -0.25) is 14.5 Å². The van der Waals surface area contributed by atoms with E-state index in [1.165, 1.54) is 0 Å². The number of fused-ring (bicyclic) bond motifs is 3. The number of nitrogens with zero attached hydrogens (tertiary/aromatic N) is 2. The number of nitrogens with one attached hydrogen (secondary N) is 1. The number of anilines is 1. The van der Waals surface area contributed by atoms with Crippen LogP contribution in [0.25, 0.3) is 10.2 Å². The van der Waals surface area contributed by atoms with Crippen molar-refractivity contribution < 1.29 is 14.3 Å². The van der Waals surface area contributed by atoms with Crippen molar-refractivity contribution in [3.63, 3.8) is 0 Å². The maximum Gasteiger partial charge on any atom is 0.275 e. The van der Waals surface area contributed by atoms with Crippen LogP contribution in [0.15, 0.2) is 70.9 Å². The number of benzene rings is 2. The van der Waals surface area contributed by atoms with E-state index >= 15 is 0 Å². The first-order valence-corrected chi connectivity index (χ1v) is 13.0. The average molecular weight is 492 g/mol. The molecule has 0 saturated heterocycles. The minimum absolute atomic E-state index is 0.178. The summed E-state index contributed by atoms with van der Waals surface area (Å²) in [7, 11) is 1.61. The number of hydrogen-bond acceptors (Lipinski definition) is 5. The molecule has 0 spiro atoms. The van der Waals surface area contributed by atoms with E-state index in [0.29, 0.717) is 30.2 Å². The van der Waals surface area contributed by atoms with Gasteiger partial charge in [-0.05, 0) is 55.0 Å². The van der Waals surface area contributed by atoms with Crippen LogP contribution in [-0.4, -0.2) is 35.3 Å². The highest BCUT2D eigenvalue weighted by Gasteiger charge is 2.48. The summed E-state index contributed by atoms with van der Waals surface area (Å²) < 4.78 is 7.42. The molecule has 2 amide bonds. The maximum atomic E-state index is 13.9. The molecule has 34 heavy (non-hydrogen) atoms. The third-order valence-corrected chi connectivity index (χ3v) is 7.99. The maximum absolute atomic E-state index is 13.9. The SMILES string of the molecule is COc1ccccc1CNC(=O)C1(C)Cn2c(cc3ccsc32)C(=O)N1c1cccc(SC)c1. The van der Waals surface area contributed by atoms with Crippen LogP contribution in [0.3, 0.4) is 0 Å². The van der Waals surface area contributed by atoms with Gasteiger partial charge in [0, 0.05) is 28.1 Å². The van der Waals surface area contributed by atoms with Crippen LogP contribution >= 0.6 is 23.1 Å². The highest BCUT2D eigenvalue weighted by Crippen LogP contribution is 2.38. The van der Waals surface area contributed by atoms with E-state index in [1.807, 2.05) is 83.8 Å². The minimum atomic E-state index is -1.13. The molecule has 6 nitrogen and oxygen atoms in total. The van der Waals surface area contributed by atoms with Gasteiger partial charge in [-0.15, -0.1) is 23.1 Å². The fraction of sp³-hybridized carbons (Fsp3) is 0.231. The minimum Gasteiger partial charge on any atom is -0.496 e. The zero-order valence-corrected chi connectivity index (χ0v) is 20.8. The van der Waals surface area contributed by atoms with Crippen molar-refractivity contribution in [2.75, 3.05) is 18.3 Å². The smallest absolute Gasteiger partial charge is 0.275 e. The number of para-hydroxylation sites is 1. The Hall–Kier alpha value is -3.23. The van der Waals surface area contributed by atoms with Crippen LogP contribution in [0.2, 0.25) is 0 Å². The molecule has 2 aromatic carbocycles. The lowest BCUT2D eigenvalue weighted by Crippen LogP contribution is -2.64. The number of aromatic nitrogens is 1. The van der Waals surface area contributed by atoms with Gasteiger partial charge in [0.15, 0.2) is 0 Å². The Balaban J connectivity index is 1.56. The Morgan fingerprint density at radius 3 is 2.79 bits per heavy atom. The van der Waals surface area contributed by atoms with Gasteiger partial charge in [-0.2, -0.15) is 0 Å². The van der Waals surface area contributed by atoms with E-state index < -0.39 is 5.54 Å². The van der Waals surface area contributed by atoms with Gasteiger partial charge in [0.25, 0.3) is 5.91 Å². The van der Waals surface area contributed by atoms with Crippen LogP contribution in [-0.2, 0) is 17.9 Å². The normalized spacial score (nSPS) is 17.6. The Kier molecular flexibility index (Phi) is 5.87. The van der Waals surface area contributed by atoms with Gasteiger partial charge in [-0.1, -0.05) is 24.3 Å². The van der Waals surface area contributed by atoms with Crippen molar-refractivity contribution in [3.8, 4) is 5.75 Å². The Morgan fingerprint density at radius 1 is 1.18 bits per heavy atom. The van der Waals surface area contributed by atoms with Crippen molar-refractivity contribution >= 4 is 50.8 Å². The van der Waals surface area contributed by atoms with E-state index in [-0.39, 0.29) is 11.8 Å². The van der Waals surface area contributed by atoms with Crippen LogP contribution in [0, 0.1) is 0 Å². The van der Waals surface area contributed by atoms with Crippen molar-refractivity contribution in [3.05, 3.63) is 77.3 Å². The molecule has 1 atom stereocenters. The quantitative estimate of drug-likeness (QED) is 0.378. The first-order valence-electron chi connectivity index (χ1n) is 10.9. The molecule has 0 bridgehead atoms. The zero-order chi connectivity index (χ0) is 23.9. The third kappa shape index (κ3) is 3.67. The summed E-state index contributed by atoms with van der Waals surface area (Å²) in [6.45, 7) is 2.51. The first kappa shape index (κ1) is 22.6. The van der Waals surface area contributed by atoms with Crippen molar-refractivity contribution in [2.24, 2.45) is 0 Å². The van der Waals surface area contributed by atoms with E-state index in [2.05, 4.69) is 5.32 Å². The number of carbonyl (C=O) groups excluding carboxylic acids is 2. The van der Waals surface area contributed by atoms with Crippen molar-refractivity contribution in [1.29, 1.82) is 0 Å². The summed E-state index contributed by atoms with van der Waals surface area (Å²) in [5.74, 6) is 0.318. The van der Waals surface area contributed by atoms with E-state index in [1.54, 1.807) is 35.1 Å². The molecule has 1 aliphatic rings. The Labute approximate surface area is 206 Å². The van der Waals surface area contributed by atoms with Gasteiger partial charge < -0.3 is 14.6 Å². The monoisotopic (exact) mass is 491 g/mol. The Bertz CT molecular complexity index is 1390. The summed E-state index contributed by atoms with van der Waals surface area (Å²) in [6.07, 6.45) is 2.00. The highest BCUT2D eigenvalue weighted by molar-refractivity contribution is 7.98. The second kappa shape index (κ2) is 8.85. The molecule has 0 fully saturated rings. The summed E-state index contributed by atoms with van der Waals surface area (Å²) in [4.78, 5) is 31.4. The summed E-state index contributed by atoms with van der Waals surface area (Å²) in [5, 5.41) is 6.10. The first-order chi connectivity index (χ1) is 16.5. The molecule has 0 aliphatic carbocycles. The zero-order valence-electron chi connectivity index (χ0n) is 19.2. The topological polar surface area (TPSA) is 63.6 Å². The molecule has 8 heteroatoms. The molecule has 1 aliphatic heterocycles.